The lowest BCUT2D eigenvalue weighted by molar-refractivity contribution is -0.133. The van der Waals surface area contributed by atoms with Crippen molar-refractivity contribution in [3.05, 3.63) is 21.9 Å². The van der Waals surface area contributed by atoms with Crippen LogP contribution in [0, 0.1) is 0 Å². The van der Waals surface area contributed by atoms with E-state index in [2.05, 4.69) is 33.9 Å². The van der Waals surface area contributed by atoms with Crippen LogP contribution >= 0.6 is 34.4 Å². The molecule has 8 heteroatoms. The van der Waals surface area contributed by atoms with Crippen LogP contribution in [0.15, 0.2) is 15.8 Å². The number of thioether (sulfide) groups is 1. The van der Waals surface area contributed by atoms with E-state index in [0.717, 1.165) is 18.1 Å². The first kappa shape index (κ1) is 14.3. The van der Waals surface area contributed by atoms with Gasteiger partial charge in [-0.2, -0.15) is 0 Å². The van der Waals surface area contributed by atoms with Crippen molar-refractivity contribution in [3.8, 4) is 0 Å². The zero-order chi connectivity index (χ0) is 13.7. The molecule has 0 aliphatic rings. The largest absolute Gasteiger partial charge is 0.481 e. The highest BCUT2D eigenvalue weighted by Crippen LogP contribution is 2.26. The number of aliphatic carboxylic acids is 1. The van der Waals surface area contributed by atoms with Crippen molar-refractivity contribution in [3.63, 3.8) is 0 Å². The van der Waals surface area contributed by atoms with E-state index in [1.54, 1.807) is 11.3 Å². The van der Waals surface area contributed by atoms with Gasteiger partial charge in [-0.15, -0.1) is 21.5 Å². The second-order valence-corrected chi connectivity index (χ2v) is 6.83. The fourth-order valence-corrected chi connectivity index (χ4v) is 3.84. The predicted octanol–water partition coefficient (Wildman–Crippen LogP) is 2.95. The number of carbonyl (C=O) groups is 1. The van der Waals surface area contributed by atoms with E-state index in [0.29, 0.717) is 4.34 Å². The topological polar surface area (TPSA) is 75.1 Å². The van der Waals surface area contributed by atoms with Gasteiger partial charge in [-0.25, -0.2) is 0 Å². The number of anilines is 1. The normalized spacial score (nSPS) is 10.6. The number of hydrogen-bond donors (Lipinski definition) is 2. The van der Waals surface area contributed by atoms with Gasteiger partial charge < -0.3 is 10.4 Å². The minimum Gasteiger partial charge on any atom is -0.481 e. The van der Waals surface area contributed by atoms with Gasteiger partial charge in [0.1, 0.15) is 0 Å². The van der Waals surface area contributed by atoms with Gasteiger partial charge in [0.25, 0.3) is 0 Å². The van der Waals surface area contributed by atoms with E-state index in [1.165, 1.54) is 33.5 Å². The van der Waals surface area contributed by atoms with Crippen LogP contribution in [0.2, 0.25) is 0 Å². The number of nitrogens with zero attached hydrogens (tertiary/aromatic N) is 2. The average Bonchev–Trinajstić information content (AvgIpc) is 3.02. The van der Waals surface area contributed by atoms with E-state index in [-0.39, 0.29) is 5.75 Å². The molecule has 0 atom stereocenters. The molecule has 0 saturated heterocycles. The highest BCUT2D eigenvalue weighted by molar-refractivity contribution is 8.01. The van der Waals surface area contributed by atoms with Crippen LogP contribution in [-0.2, 0) is 17.8 Å². The Morgan fingerprint density at radius 2 is 2.37 bits per heavy atom. The van der Waals surface area contributed by atoms with Crippen LogP contribution in [0.4, 0.5) is 5.13 Å². The Kier molecular flexibility index (Phi) is 5.17. The monoisotopic (exact) mass is 315 g/mol. The van der Waals surface area contributed by atoms with Gasteiger partial charge in [0.2, 0.25) is 5.13 Å². The Bertz CT molecular complexity index is 553. The van der Waals surface area contributed by atoms with Gasteiger partial charge >= 0.3 is 5.97 Å². The molecule has 0 aromatic carbocycles. The summed E-state index contributed by atoms with van der Waals surface area (Å²) in [5.74, 6) is -0.833. The van der Waals surface area contributed by atoms with Crippen molar-refractivity contribution in [2.45, 2.75) is 24.2 Å². The first-order chi connectivity index (χ1) is 9.19. The van der Waals surface area contributed by atoms with Crippen LogP contribution in [0.25, 0.3) is 0 Å². The van der Waals surface area contributed by atoms with Crippen LogP contribution < -0.4 is 5.32 Å². The molecule has 0 amide bonds. The van der Waals surface area contributed by atoms with E-state index < -0.39 is 5.97 Å². The maximum atomic E-state index is 10.5. The molecular formula is C11H13N3O2S3. The van der Waals surface area contributed by atoms with Crippen LogP contribution in [-0.4, -0.2) is 27.0 Å². The van der Waals surface area contributed by atoms with Crippen molar-refractivity contribution in [2.75, 3.05) is 11.1 Å². The van der Waals surface area contributed by atoms with Crippen molar-refractivity contribution in [2.24, 2.45) is 0 Å². The second kappa shape index (κ2) is 6.88. The van der Waals surface area contributed by atoms with E-state index in [1.807, 2.05) is 0 Å². The molecule has 0 aliphatic carbocycles. The van der Waals surface area contributed by atoms with Crippen LogP contribution in [0.5, 0.6) is 0 Å². The molecule has 0 aliphatic heterocycles. The average molecular weight is 315 g/mol. The van der Waals surface area contributed by atoms with Crippen LogP contribution in [0.1, 0.15) is 17.4 Å². The van der Waals surface area contributed by atoms with E-state index in [4.69, 9.17) is 5.11 Å². The lowest BCUT2D eigenvalue weighted by Gasteiger charge is -2.01. The standard InChI is InChI=1S/C11H13N3O2S3/c1-2-7-3-4-17-8(7)5-12-10-13-14-11(19-10)18-6-9(15)16/h3-4H,2,5-6H2,1H3,(H,12,13)(H,15,16). The quantitative estimate of drug-likeness (QED) is 0.765. The zero-order valence-electron chi connectivity index (χ0n) is 10.3. The third-order valence-electron chi connectivity index (χ3n) is 2.34. The third kappa shape index (κ3) is 4.19. The zero-order valence-corrected chi connectivity index (χ0v) is 12.7. The minimum absolute atomic E-state index is 0.0134. The maximum absolute atomic E-state index is 10.5. The van der Waals surface area contributed by atoms with Gasteiger partial charge in [0.05, 0.1) is 12.3 Å². The molecule has 2 aromatic rings. The number of carboxylic acid groups (broad SMARTS) is 1. The molecule has 2 aromatic heterocycles. The number of carboxylic acids is 1. The summed E-state index contributed by atoms with van der Waals surface area (Å²) in [6.45, 7) is 2.87. The Balaban J connectivity index is 1.88. The lowest BCUT2D eigenvalue weighted by Crippen LogP contribution is -1.99. The molecule has 0 bridgehead atoms. The summed E-state index contributed by atoms with van der Waals surface area (Å²) in [6.07, 6.45) is 1.02. The summed E-state index contributed by atoms with van der Waals surface area (Å²) in [5.41, 5.74) is 1.35. The molecule has 0 unspecified atom stereocenters. The smallest absolute Gasteiger partial charge is 0.313 e. The Morgan fingerprint density at radius 3 is 3.11 bits per heavy atom. The van der Waals surface area contributed by atoms with Crippen molar-refractivity contribution in [1.82, 2.24) is 10.2 Å². The fraction of sp³-hybridized carbons (Fsp3) is 0.364. The molecule has 2 heterocycles. The van der Waals surface area contributed by atoms with Gasteiger partial charge in [0, 0.05) is 4.88 Å². The maximum Gasteiger partial charge on any atom is 0.313 e. The number of hydrogen-bond acceptors (Lipinski definition) is 7. The lowest BCUT2D eigenvalue weighted by atomic mass is 10.2. The van der Waals surface area contributed by atoms with Gasteiger partial charge in [-0.3, -0.25) is 4.79 Å². The van der Waals surface area contributed by atoms with E-state index >= 15 is 0 Å². The molecule has 5 nitrogen and oxygen atoms in total. The van der Waals surface area contributed by atoms with Crippen molar-refractivity contribution >= 4 is 45.5 Å². The molecule has 2 N–H and O–H groups in total. The summed E-state index contributed by atoms with van der Waals surface area (Å²) in [5, 5.41) is 22.6. The molecule has 19 heavy (non-hydrogen) atoms. The fourth-order valence-electron chi connectivity index (χ4n) is 1.46. The number of rotatable bonds is 7. The van der Waals surface area contributed by atoms with Gasteiger partial charge in [-0.05, 0) is 23.4 Å². The summed E-state index contributed by atoms with van der Waals surface area (Å²) in [7, 11) is 0. The first-order valence-electron chi connectivity index (χ1n) is 5.66. The van der Waals surface area contributed by atoms with Gasteiger partial charge in [0.15, 0.2) is 4.34 Å². The number of nitrogens with one attached hydrogen (secondary N) is 1. The molecule has 0 spiro atoms. The summed E-state index contributed by atoms with van der Waals surface area (Å²) in [6, 6.07) is 2.13. The molecule has 2 rings (SSSR count). The van der Waals surface area contributed by atoms with Crippen molar-refractivity contribution in [1.29, 1.82) is 0 Å². The SMILES string of the molecule is CCc1ccsc1CNc1nnc(SCC(=O)O)s1. The molecule has 0 saturated carbocycles. The summed E-state index contributed by atoms with van der Waals surface area (Å²) < 4.78 is 0.673. The molecule has 0 radical (unpaired) electrons. The predicted molar refractivity (Wildman–Crippen MR) is 79.3 cm³/mol. The second-order valence-electron chi connectivity index (χ2n) is 3.63. The summed E-state index contributed by atoms with van der Waals surface area (Å²) in [4.78, 5) is 11.8. The third-order valence-corrected chi connectivity index (χ3v) is 5.31. The number of aromatic nitrogens is 2. The summed E-state index contributed by atoms with van der Waals surface area (Å²) >= 11 is 4.29. The molecule has 0 fully saturated rings. The van der Waals surface area contributed by atoms with Crippen LogP contribution in [0.3, 0.4) is 0 Å². The molecular weight excluding hydrogens is 302 g/mol. The Hall–Kier alpha value is -1.12. The van der Waals surface area contributed by atoms with E-state index in [9.17, 15) is 4.79 Å². The first-order valence-corrected chi connectivity index (χ1v) is 8.34. The highest BCUT2D eigenvalue weighted by Gasteiger charge is 2.08. The number of aryl methyl sites for hydroxylation is 1. The highest BCUT2D eigenvalue weighted by atomic mass is 32.2. The number of thiophene rings is 1. The molecule has 102 valence electrons. The Morgan fingerprint density at radius 1 is 1.53 bits per heavy atom. The minimum atomic E-state index is -0.846. The van der Waals surface area contributed by atoms with Crippen molar-refractivity contribution < 1.29 is 9.90 Å². The van der Waals surface area contributed by atoms with Gasteiger partial charge in [-0.1, -0.05) is 30.0 Å². The Labute approximate surface area is 123 Å².